The SMILES string of the molecule is CC(CC1CCC1)Nc1ccc(NS(C)(=O)=O)cc1. The topological polar surface area (TPSA) is 58.2 Å². The highest BCUT2D eigenvalue weighted by Gasteiger charge is 2.19. The molecule has 1 aromatic rings. The van der Waals surface area contributed by atoms with Gasteiger partial charge in [-0.15, -0.1) is 0 Å². The van der Waals surface area contributed by atoms with Gasteiger partial charge in [0.25, 0.3) is 0 Å². The highest BCUT2D eigenvalue weighted by Crippen LogP contribution is 2.31. The largest absolute Gasteiger partial charge is 0.383 e. The molecule has 1 aromatic carbocycles. The third kappa shape index (κ3) is 4.74. The molecule has 106 valence electrons. The number of anilines is 2. The minimum Gasteiger partial charge on any atom is -0.383 e. The molecule has 0 aromatic heterocycles. The second kappa shape index (κ2) is 5.82. The van der Waals surface area contributed by atoms with E-state index in [1.54, 1.807) is 12.1 Å². The minimum atomic E-state index is -3.20. The van der Waals surface area contributed by atoms with E-state index in [-0.39, 0.29) is 0 Å². The molecule has 1 atom stereocenters. The average molecular weight is 282 g/mol. The molecule has 0 spiro atoms. The van der Waals surface area contributed by atoms with Gasteiger partial charge >= 0.3 is 0 Å². The van der Waals surface area contributed by atoms with Crippen molar-refractivity contribution in [3.8, 4) is 0 Å². The van der Waals surface area contributed by atoms with E-state index in [1.165, 1.54) is 25.7 Å². The van der Waals surface area contributed by atoms with Crippen molar-refractivity contribution >= 4 is 21.4 Å². The quantitative estimate of drug-likeness (QED) is 0.843. The molecule has 2 rings (SSSR count). The maximum absolute atomic E-state index is 11.1. The summed E-state index contributed by atoms with van der Waals surface area (Å²) in [6, 6.07) is 7.83. The molecule has 0 radical (unpaired) electrons. The first kappa shape index (κ1) is 14.2. The predicted octanol–water partition coefficient (Wildman–Crippen LogP) is 3.05. The van der Waals surface area contributed by atoms with Crippen molar-refractivity contribution in [1.29, 1.82) is 0 Å². The van der Waals surface area contributed by atoms with Crippen LogP contribution in [0.1, 0.15) is 32.6 Å². The second-order valence-corrected chi connectivity index (χ2v) is 7.28. The van der Waals surface area contributed by atoms with Crippen LogP contribution in [0.4, 0.5) is 11.4 Å². The van der Waals surface area contributed by atoms with Gasteiger partial charge in [0, 0.05) is 17.4 Å². The summed E-state index contributed by atoms with van der Waals surface area (Å²) in [7, 11) is -3.20. The van der Waals surface area contributed by atoms with Gasteiger partial charge in [-0.3, -0.25) is 4.72 Å². The second-order valence-electron chi connectivity index (χ2n) is 5.53. The molecular weight excluding hydrogens is 260 g/mol. The molecule has 2 N–H and O–H groups in total. The average Bonchev–Trinajstić information content (AvgIpc) is 2.24. The molecule has 0 bridgehead atoms. The zero-order valence-corrected chi connectivity index (χ0v) is 12.3. The lowest BCUT2D eigenvalue weighted by Gasteiger charge is -2.28. The third-order valence-corrected chi connectivity index (χ3v) is 4.12. The Kier molecular flexibility index (Phi) is 4.34. The number of sulfonamides is 1. The summed E-state index contributed by atoms with van der Waals surface area (Å²) < 4.78 is 24.7. The fourth-order valence-electron chi connectivity index (χ4n) is 2.42. The van der Waals surface area contributed by atoms with E-state index in [2.05, 4.69) is 17.0 Å². The van der Waals surface area contributed by atoms with E-state index >= 15 is 0 Å². The smallest absolute Gasteiger partial charge is 0.229 e. The van der Waals surface area contributed by atoms with Gasteiger partial charge in [-0.1, -0.05) is 19.3 Å². The molecule has 0 amide bonds. The van der Waals surface area contributed by atoms with E-state index < -0.39 is 10.0 Å². The van der Waals surface area contributed by atoms with Crippen LogP contribution < -0.4 is 10.0 Å². The van der Waals surface area contributed by atoms with Gasteiger partial charge in [-0.25, -0.2) is 8.42 Å². The number of rotatable bonds is 6. The fourth-order valence-corrected chi connectivity index (χ4v) is 2.98. The molecule has 1 fully saturated rings. The van der Waals surface area contributed by atoms with Crippen molar-refractivity contribution in [1.82, 2.24) is 0 Å². The summed E-state index contributed by atoms with van der Waals surface area (Å²) in [5, 5.41) is 3.45. The lowest BCUT2D eigenvalue weighted by atomic mass is 9.81. The van der Waals surface area contributed by atoms with Crippen molar-refractivity contribution < 1.29 is 8.42 Å². The molecule has 0 aliphatic heterocycles. The van der Waals surface area contributed by atoms with E-state index in [0.29, 0.717) is 11.7 Å². The van der Waals surface area contributed by atoms with Gasteiger partial charge in [0.1, 0.15) is 0 Å². The maximum atomic E-state index is 11.1. The van der Waals surface area contributed by atoms with E-state index in [1.807, 2.05) is 12.1 Å². The number of hydrogen-bond acceptors (Lipinski definition) is 3. The minimum absolute atomic E-state index is 0.457. The van der Waals surface area contributed by atoms with Crippen molar-refractivity contribution in [2.75, 3.05) is 16.3 Å². The molecule has 5 heteroatoms. The monoisotopic (exact) mass is 282 g/mol. The Morgan fingerprint density at radius 1 is 1.21 bits per heavy atom. The Morgan fingerprint density at radius 3 is 2.26 bits per heavy atom. The van der Waals surface area contributed by atoms with Crippen molar-refractivity contribution in [2.24, 2.45) is 5.92 Å². The van der Waals surface area contributed by atoms with Gasteiger partial charge in [-0.05, 0) is 43.5 Å². The molecule has 1 saturated carbocycles. The molecule has 0 heterocycles. The van der Waals surface area contributed by atoms with Crippen LogP contribution in [0.15, 0.2) is 24.3 Å². The lowest BCUT2D eigenvalue weighted by Crippen LogP contribution is -2.23. The standard InChI is InChI=1S/C14H22N2O2S/c1-11(10-12-4-3-5-12)15-13-6-8-14(9-7-13)16-19(2,17)18/h6-9,11-12,15-16H,3-5,10H2,1-2H3. The summed E-state index contributed by atoms with van der Waals surface area (Å²) in [6.07, 6.45) is 6.47. The maximum Gasteiger partial charge on any atom is 0.229 e. The first-order valence-electron chi connectivity index (χ1n) is 6.77. The Labute approximate surface area is 115 Å². The summed E-state index contributed by atoms with van der Waals surface area (Å²) in [5.74, 6) is 0.883. The summed E-state index contributed by atoms with van der Waals surface area (Å²) in [6.45, 7) is 2.20. The van der Waals surface area contributed by atoms with Crippen LogP contribution in [0.5, 0.6) is 0 Å². The molecule has 4 nitrogen and oxygen atoms in total. The van der Waals surface area contributed by atoms with Crippen LogP contribution in [-0.2, 0) is 10.0 Å². The van der Waals surface area contributed by atoms with Crippen LogP contribution in [0.25, 0.3) is 0 Å². The predicted molar refractivity (Wildman–Crippen MR) is 80.0 cm³/mol. The zero-order chi connectivity index (χ0) is 13.9. The summed E-state index contributed by atoms with van der Waals surface area (Å²) in [5.41, 5.74) is 1.63. The van der Waals surface area contributed by atoms with Crippen LogP contribution in [-0.4, -0.2) is 20.7 Å². The normalized spacial score (nSPS) is 17.6. The number of benzene rings is 1. The Morgan fingerprint density at radius 2 is 1.79 bits per heavy atom. The Hall–Kier alpha value is -1.23. The molecule has 1 unspecified atom stereocenters. The summed E-state index contributed by atoms with van der Waals surface area (Å²) in [4.78, 5) is 0. The highest BCUT2D eigenvalue weighted by atomic mass is 32.2. The first-order valence-corrected chi connectivity index (χ1v) is 8.66. The molecule has 1 aliphatic rings. The molecule has 1 aliphatic carbocycles. The number of nitrogens with one attached hydrogen (secondary N) is 2. The first-order chi connectivity index (χ1) is 8.92. The number of hydrogen-bond donors (Lipinski definition) is 2. The zero-order valence-electron chi connectivity index (χ0n) is 11.5. The van der Waals surface area contributed by atoms with Crippen LogP contribution in [0, 0.1) is 5.92 Å². The van der Waals surface area contributed by atoms with E-state index in [0.717, 1.165) is 17.9 Å². The molecule has 0 saturated heterocycles. The molecular formula is C14H22N2O2S. The van der Waals surface area contributed by atoms with Crippen molar-refractivity contribution in [2.45, 2.75) is 38.6 Å². The van der Waals surface area contributed by atoms with Crippen LogP contribution in [0.3, 0.4) is 0 Å². The Balaban J connectivity index is 1.87. The van der Waals surface area contributed by atoms with Crippen LogP contribution in [0.2, 0.25) is 0 Å². The van der Waals surface area contributed by atoms with Gasteiger partial charge < -0.3 is 5.32 Å². The molecule has 19 heavy (non-hydrogen) atoms. The lowest BCUT2D eigenvalue weighted by molar-refractivity contribution is 0.286. The Bertz CT molecular complexity index is 507. The highest BCUT2D eigenvalue weighted by molar-refractivity contribution is 7.92. The van der Waals surface area contributed by atoms with Gasteiger partial charge in [-0.2, -0.15) is 0 Å². The summed E-state index contributed by atoms with van der Waals surface area (Å²) >= 11 is 0. The van der Waals surface area contributed by atoms with Crippen LogP contribution >= 0.6 is 0 Å². The fraction of sp³-hybridized carbons (Fsp3) is 0.571. The third-order valence-electron chi connectivity index (χ3n) is 3.51. The van der Waals surface area contributed by atoms with Gasteiger partial charge in [0.2, 0.25) is 10.0 Å². The van der Waals surface area contributed by atoms with E-state index in [4.69, 9.17) is 0 Å². The van der Waals surface area contributed by atoms with Crippen molar-refractivity contribution in [3.63, 3.8) is 0 Å². The van der Waals surface area contributed by atoms with Gasteiger partial charge in [0.15, 0.2) is 0 Å². The van der Waals surface area contributed by atoms with Gasteiger partial charge in [0.05, 0.1) is 6.26 Å². The van der Waals surface area contributed by atoms with E-state index in [9.17, 15) is 8.42 Å². The van der Waals surface area contributed by atoms with Crippen molar-refractivity contribution in [3.05, 3.63) is 24.3 Å².